The summed E-state index contributed by atoms with van der Waals surface area (Å²) in [5, 5.41) is 0. The number of amides is 1. The summed E-state index contributed by atoms with van der Waals surface area (Å²) in [4.78, 5) is 11.5. The van der Waals surface area contributed by atoms with Gasteiger partial charge in [0.25, 0.3) is 5.91 Å². The Balaban J connectivity index is 0.00000176. The van der Waals surface area contributed by atoms with Crippen molar-refractivity contribution < 1.29 is 21.8 Å². The van der Waals surface area contributed by atoms with E-state index in [2.05, 4.69) is 28.2 Å². The maximum Gasteiger partial charge on any atom is 0.276 e. The Bertz CT molecular complexity index is 770. The summed E-state index contributed by atoms with van der Waals surface area (Å²) in [6.07, 6.45) is 1.95. The van der Waals surface area contributed by atoms with Crippen LogP contribution in [0.4, 0.5) is 0 Å². The molecule has 0 unspecified atom stereocenters. The minimum absolute atomic E-state index is 0. The zero-order valence-corrected chi connectivity index (χ0v) is 12.7. The number of carbonyl (C=O) groups is 1. The van der Waals surface area contributed by atoms with E-state index >= 15 is 0 Å². The van der Waals surface area contributed by atoms with Crippen molar-refractivity contribution in [1.29, 1.82) is 0 Å². The Labute approximate surface area is 134 Å². The predicted octanol–water partition coefficient (Wildman–Crippen LogP) is -2.03. The van der Waals surface area contributed by atoms with Crippen LogP contribution in [0.5, 0.6) is 0 Å². The molecule has 0 aliphatic carbocycles. The summed E-state index contributed by atoms with van der Waals surface area (Å²) < 4.78 is 4.04. The summed E-state index contributed by atoms with van der Waals surface area (Å²) in [5.41, 5.74) is 5.48. The number of benzene rings is 2. The molecule has 6 heteroatoms. The van der Waals surface area contributed by atoms with Gasteiger partial charge in [0.15, 0.2) is 17.6 Å². The number of para-hydroxylation sites is 2. The van der Waals surface area contributed by atoms with Crippen LogP contribution in [0.2, 0.25) is 0 Å². The molecule has 3 aromatic rings. The van der Waals surface area contributed by atoms with Crippen molar-refractivity contribution in [3.05, 3.63) is 66.5 Å². The molecule has 0 saturated heterocycles. The van der Waals surface area contributed by atoms with Crippen molar-refractivity contribution in [2.24, 2.45) is 5.84 Å². The molecule has 0 fully saturated rings. The molecule has 0 atom stereocenters. The van der Waals surface area contributed by atoms with Crippen LogP contribution in [0.3, 0.4) is 0 Å². The number of aromatic nitrogens is 2. The molecule has 114 valence electrons. The van der Waals surface area contributed by atoms with Gasteiger partial charge in [0.05, 0.1) is 0 Å². The number of carbonyl (C=O) groups excluding carboxylic acids is 1. The smallest absolute Gasteiger partial charge is 0.276 e. The highest BCUT2D eigenvalue weighted by Gasteiger charge is 2.17. The van der Waals surface area contributed by atoms with Crippen molar-refractivity contribution in [3.63, 3.8) is 0 Å². The van der Waals surface area contributed by atoms with Crippen molar-refractivity contribution >= 4 is 16.9 Å². The zero-order chi connectivity index (χ0) is 14.7. The fourth-order valence-electron chi connectivity index (χ4n) is 2.48. The highest BCUT2D eigenvalue weighted by molar-refractivity contribution is 5.78. The highest BCUT2D eigenvalue weighted by Crippen LogP contribution is 2.11. The van der Waals surface area contributed by atoms with E-state index in [1.807, 2.05) is 47.3 Å². The number of hydrogen-bond donors (Lipinski definition) is 2. The van der Waals surface area contributed by atoms with Gasteiger partial charge in [0, 0.05) is 0 Å². The fourth-order valence-corrected chi connectivity index (χ4v) is 2.48. The summed E-state index contributed by atoms with van der Waals surface area (Å²) in [7, 11) is 0. The SMILES string of the molecule is NNC(=O)Cn1c[n+](Cc2ccccc2)c2ccccc21.[Cl-]. The summed E-state index contributed by atoms with van der Waals surface area (Å²) >= 11 is 0. The average molecular weight is 317 g/mol. The van der Waals surface area contributed by atoms with Crippen LogP contribution in [0.15, 0.2) is 60.9 Å². The third-order valence-corrected chi connectivity index (χ3v) is 3.45. The van der Waals surface area contributed by atoms with E-state index < -0.39 is 0 Å². The van der Waals surface area contributed by atoms with Gasteiger partial charge in [-0.1, -0.05) is 42.5 Å². The Morgan fingerprint density at radius 3 is 2.50 bits per heavy atom. The topological polar surface area (TPSA) is 63.9 Å². The van der Waals surface area contributed by atoms with Crippen molar-refractivity contribution in [2.45, 2.75) is 13.1 Å². The summed E-state index contributed by atoms with van der Waals surface area (Å²) in [6, 6.07) is 18.2. The van der Waals surface area contributed by atoms with Gasteiger partial charge in [-0.05, 0) is 17.7 Å². The minimum Gasteiger partial charge on any atom is -1.00 e. The van der Waals surface area contributed by atoms with Crippen LogP contribution >= 0.6 is 0 Å². The van der Waals surface area contributed by atoms with E-state index in [1.165, 1.54) is 5.56 Å². The largest absolute Gasteiger partial charge is 1.00 e. The Morgan fingerprint density at radius 1 is 1.09 bits per heavy atom. The molecule has 0 aliphatic rings. The van der Waals surface area contributed by atoms with E-state index in [9.17, 15) is 4.79 Å². The lowest BCUT2D eigenvalue weighted by molar-refractivity contribution is -0.663. The number of rotatable bonds is 4. The zero-order valence-electron chi connectivity index (χ0n) is 11.9. The van der Waals surface area contributed by atoms with Gasteiger partial charge < -0.3 is 12.4 Å². The second kappa shape index (κ2) is 7.06. The first-order valence-electron chi connectivity index (χ1n) is 6.78. The van der Waals surface area contributed by atoms with E-state index in [0.29, 0.717) is 0 Å². The van der Waals surface area contributed by atoms with Crippen LogP contribution in [0.1, 0.15) is 5.56 Å². The van der Waals surface area contributed by atoms with E-state index in [-0.39, 0.29) is 24.9 Å². The first kappa shape index (κ1) is 16.0. The molecule has 1 heterocycles. The average Bonchev–Trinajstić information content (AvgIpc) is 2.86. The molecule has 2 aromatic carbocycles. The number of nitrogens with two attached hydrogens (primary N) is 1. The van der Waals surface area contributed by atoms with Crippen LogP contribution in [0, 0.1) is 0 Å². The van der Waals surface area contributed by atoms with Crippen molar-refractivity contribution in [3.8, 4) is 0 Å². The predicted molar refractivity (Wildman–Crippen MR) is 80.0 cm³/mol. The molecule has 0 spiro atoms. The lowest BCUT2D eigenvalue weighted by atomic mass is 10.2. The maximum atomic E-state index is 11.5. The summed E-state index contributed by atoms with van der Waals surface area (Å²) in [6.45, 7) is 0.970. The third-order valence-electron chi connectivity index (χ3n) is 3.45. The summed E-state index contributed by atoms with van der Waals surface area (Å²) in [5.74, 6) is 4.95. The first-order valence-corrected chi connectivity index (χ1v) is 6.78. The van der Waals surface area contributed by atoms with Gasteiger partial charge in [0.1, 0.15) is 6.54 Å². The van der Waals surface area contributed by atoms with Crippen molar-refractivity contribution in [2.75, 3.05) is 0 Å². The number of hydrogen-bond acceptors (Lipinski definition) is 2. The van der Waals surface area contributed by atoms with Gasteiger partial charge in [0.2, 0.25) is 6.33 Å². The van der Waals surface area contributed by atoms with Gasteiger partial charge in [-0.3, -0.25) is 10.2 Å². The second-order valence-corrected chi connectivity index (χ2v) is 4.91. The molecule has 22 heavy (non-hydrogen) atoms. The number of nitrogens with zero attached hydrogens (tertiary/aromatic N) is 2. The molecular weight excluding hydrogens is 300 g/mol. The quantitative estimate of drug-likeness (QED) is 0.252. The lowest BCUT2D eigenvalue weighted by Crippen LogP contribution is -3.00. The van der Waals surface area contributed by atoms with Crippen molar-refractivity contribution in [1.82, 2.24) is 9.99 Å². The molecule has 5 nitrogen and oxygen atoms in total. The van der Waals surface area contributed by atoms with Gasteiger partial charge in [-0.25, -0.2) is 15.0 Å². The number of nitrogens with one attached hydrogen (secondary N) is 1. The van der Waals surface area contributed by atoms with Gasteiger partial charge >= 0.3 is 0 Å². The molecule has 1 amide bonds. The molecular formula is C16H17ClN4O. The van der Waals surface area contributed by atoms with Crippen LogP contribution in [-0.2, 0) is 17.9 Å². The minimum atomic E-state index is -0.220. The molecule has 0 bridgehead atoms. The third kappa shape index (κ3) is 3.27. The van der Waals surface area contributed by atoms with E-state index in [0.717, 1.165) is 17.6 Å². The molecule has 0 radical (unpaired) electrons. The molecule has 0 saturated carbocycles. The first-order chi connectivity index (χ1) is 10.3. The number of fused-ring (bicyclic) bond motifs is 1. The Hall–Kier alpha value is -2.37. The Morgan fingerprint density at radius 2 is 1.77 bits per heavy atom. The molecule has 0 aliphatic heterocycles. The van der Waals surface area contributed by atoms with E-state index in [4.69, 9.17) is 5.84 Å². The highest BCUT2D eigenvalue weighted by atomic mass is 35.5. The van der Waals surface area contributed by atoms with Crippen LogP contribution in [0.25, 0.3) is 11.0 Å². The number of imidazole rings is 1. The molecule has 3 N–H and O–H groups in total. The second-order valence-electron chi connectivity index (χ2n) is 4.91. The van der Waals surface area contributed by atoms with E-state index in [1.54, 1.807) is 0 Å². The number of hydrazine groups is 1. The van der Waals surface area contributed by atoms with Gasteiger partial charge in [-0.15, -0.1) is 0 Å². The molecule has 3 rings (SSSR count). The Kier molecular flexibility index (Phi) is 5.14. The molecule has 1 aromatic heterocycles. The van der Waals surface area contributed by atoms with Crippen LogP contribution in [-0.4, -0.2) is 10.5 Å². The monoisotopic (exact) mass is 316 g/mol. The fraction of sp³-hybridized carbons (Fsp3) is 0.125. The normalized spacial score (nSPS) is 10.2. The lowest BCUT2D eigenvalue weighted by Gasteiger charge is -1.98. The number of halogens is 1. The maximum absolute atomic E-state index is 11.5. The van der Waals surface area contributed by atoms with Gasteiger partial charge in [-0.2, -0.15) is 0 Å². The van der Waals surface area contributed by atoms with Crippen LogP contribution < -0.4 is 28.2 Å². The standard InChI is InChI=1S/C16H16N4O.ClH/c17-18-16(21)11-20-12-19(10-13-6-2-1-3-7-13)14-8-4-5-9-15(14)20;/h1-9,12H,10-11,17H2;1H.